The number of aromatic hydroxyl groups is 1. The van der Waals surface area contributed by atoms with E-state index >= 15 is 0 Å². The van der Waals surface area contributed by atoms with Crippen molar-refractivity contribution in [1.29, 1.82) is 5.26 Å². The maximum absolute atomic E-state index is 12.9. The molecule has 1 N–H and O–H groups in total. The smallest absolute Gasteiger partial charge is 0.139 e. The molecule has 0 unspecified atom stereocenters. The van der Waals surface area contributed by atoms with Crippen molar-refractivity contribution in [3.8, 4) is 23.7 Å². The van der Waals surface area contributed by atoms with E-state index in [0.29, 0.717) is 0 Å². The third-order valence-corrected chi connectivity index (χ3v) is 1.34. The Morgan fingerprint density at radius 1 is 1.46 bits per heavy atom. The van der Waals surface area contributed by atoms with Crippen molar-refractivity contribution in [3.05, 3.63) is 29.6 Å². The summed E-state index contributed by atoms with van der Waals surface area (Å²) in [4.78, 5) is 0. The molecule has 13 heavy (non-hydrogen) atoms. The largest absolute Gasteiger partial charge is 0.508 e. The predicted molar refractivity (Wildman–Crippen MR) is 45.2 cm³/mol. The standard InChI is InChI=1S/C10H6FNO/c11-10-5-4-9(13)7-8(10)3-1-2-6-12/h4-5,7,13H,2H2. The lowest BCUT2D eigenvalue weighted by molar-refractivity contribution is 0.472. The fraction of sp³-hybridized carbons (Fsp3) is 0.100. The fourth-order valence-electron chi connectivity index (χ4n) is 0.788. The molecule has 0 saturated heterocycles. The van der Waals surface area contributed by atoms with Gasteiger partial charge in [-0.05, 0) is 18.2 Å². The lowest BCUT2D eigenvalue weighted by Gasteiger charge is -1.94. The van der Waals surface area contributed by atoms with Crippen LogP contribution in [0.2, 0.25) is 0 Å². The van der Waals surface area contributed by atoms with Crippen LogP contribution in [0.4, 0.5) is 4.39 Å². The van der Waals surface area contributed by atoms with Gasteiger partial charge in [-0.25, -0.2) is 4.39 Å². The van der Waals surface area contributed by atoms with Gasteiger partial charge in [-0.3, -0.25) is 0 Å². The minimum Gasteiger partial charge on any atom is -0.508 e. The predicted octanol–water partition coefficient (Wildman–Crippen LogP) is 1.80. The zero-order valence-corrected chi connectivity index (χ0v) is 6.71. The van der Waals surface area contributed by atoms with E-state index in [4.69, 9.17) is 10.4 Å². The highest BCUT2D eigenvalue weighted by Gasteiger charge is 1.98. The third-order valence-electron chi connectivity index (χ3n) is 1.34. The zero-order valence-electron chi connectivity index (χ0n) is 6.71. The molecular weight excluding hydrogens is 169 g/mol. The first-order chi connectivity index (χ1) is 6.24. The van der Waals surface area contributed by atoms with Crippen LogP contribution >= 0.6 is 0 Å². The number of hydrogen-bond donors (Lipinski definition) is 1. The van der Waals surface area contributed by atoms with Crippen LogP contribution in [0.15, 0.2) is 18.2 Å². The van der Waals surface area contributed by atoms with E-state index in [1.165, 1.54) is 12.1 Å². The molecule has 1 rings (SSSR count). The summed E-state index contributed by atoms with van der Waals surface area (Å²) in [5.41, 5.74) is 0.107. The molecule has 0 fully saturated rings. The molecular formula is C10H6FNO. The summed E-state index contributed by atoms with van der Waals surface area (Å²) in [6.07, 6.45) is 0.0507. The normalized spacial score (nSPS) is 8.31. The van der Waals surface area contributed by atoms with E-state index in [9.17, 15) is 4.39 Å². The van der Waals surface area contributed by atoms with Crippen molar-refractivity contribution < 1.29 is 9.50 Å². The second kappa shape index (κ2) is 4.13. The molecule has 0 aliphatic rings. The van der Waals surface area contributed by atoms with Gasteiger partial charge in [0, 0.05) is 0 Å². The van der Waals surface area contributed by atoms with Gasteiger partial charge < -0.3 is 5.11 Å². The third kappa shape index (κ3) is 2.50. The van der Waals surface area contributed by atoms with Crippen LogP contribution in [0, 0.1) is 29.0 Å². The molecule has 0 spiro atoms. The van der Waals surface area contributed by atoms with Crippen LogP contribution in [-0.2, 0) is 0 Å². The Bertz CT molecular complexity index is 409. The summed E-state index contributed by atoms with van der Waals surface area (Å²) in [6.45, 7) is 0. The molecule has 1 aromatic rings. The van der Waals surface area contributed by atoms with Crippen LogP contribution in [0.5, 0.6) is 5.75 Å². The Hall–Kier alpha value is -2.00. The summed E-state index contributed by atoms with van der Waals surface area (Å²) < 4.78 is 12.9. The van der Waals surface area contributed by atoms with Gasteiger partial charge in [-0.15, -0.1) is 0 Å². The highest BCUT2D eigenvalue weighted by Crippen LogP contribution is 2.13. The Morgan fingerprint density at radius 3 is 2.92 bits per heavy atom. The molecule has 64 valence electrons. The fourth-order valence-corrected chi connectivity index (χ4v) is 0.788. The lowest BCUT2D eigenvalue weighted by atomic mass is 10.2. The van der Waals surface area contributed by atoms with Crippen molar-refractivity contribution in [3.63, 3.8) is 0 Å². The Labute approximate surface area is 75.2 Å². The van der Waals surface area contributed by atoms with Gasteiger partial charge in [0.25, 0.3) is 0 Å². The minimum atomic E-state index is -0.497. The average Bonchev–Trinajstić information content (AvgIpc) is 2.11. The number of benzene rings is 1. The van der Waals surface area contributed by atoms with Gasteiger partial charge in [0.05, 0.1) is 18.1 Å². The van der Waals surface area contributed by atoms with E-state index in [2.05, 4.69) is 11.8 Å². The zero-order chi connectivity index (χ0) is 9.68. The van der Waals surface area contributed by atoms with Crippen LogP contribution in [0.3, 0.4) is 0 Å². The Balaban J connectivity index is 2.97. The first-order valence-electron chi connectivity index (χ1n) is 3.58. The maximum Gasteiger partial charge on any atom is 0.139 e. The summed E-state index contributed by atoms with van der Waals surface area (Å²) in [5.74, 6) is 4.37. The number of nitrogens with zero attached hydrogens (tertiary/aromatic N) is 1. The number of hydrogen-bond acceptors (Lipinski definition) is 2. The van der Waals surface area contributed by atoms with Crippen molar-refractivity contribution in [2.75, 3.05) is 0 Å². The lowest BCUT2D eigenvalue weighted by Crippen LogP contribution is -1.81. The second-order valence-electron chi connectivity index (χ2n) is 2.30. The van der Waals surface area contributed by atoms with Gasteiger partial charge in [-0.1, -0.05) is 11.8 Å². The molecule has 0 saturated carbocycles. The molecule has 1 aromatic carbocycles. The molecule has 0 aliphatic carbocycles. The van der Waals surface area contributed by atoms with Crippen LogP contribution in [0.1, 0.15) is 12.0 Å². The topological polar surface area (TPSA) is 44.0 Å². The molecule has 0 atom stereocenters. The molecule has 3 heteroatoms. The number of phenolic OH excluding ortho intramolecular Hbond substituents is 1. The Morgan fingerprint density at radius 2 is 2.23 bits per heavy atom. The number of rotatable bonds is 0. The van der Waals surface area contributed by atoms with Crippen molar-refractivity contribution in [2.24, 2.45) is 0 Å². The summed E-state index contributed by atoms with van der Waals surface area (Å²) in [7, 11) is 0. The number of halogens is 1. The van der Waals surface area contributed by atoms with E-state index in [-0.39, 0.29) is 17.7 Å². The maximum atomic E-state index is 12.9. The summed E-state index contributed by atoms with van der Waals surface area (Å²) in [5, 5.41) is 17.2. The van der Waals surface area contributed by atoms with E-state index in [1.807, 2.05) is 6.07 Å². The van der Waals surface area contributed by atoms with Crippen LogP contribution < -0.4 is 0 Å². The highest BCUT2D eigenvalue weighted by molar-refractivity contribution is 5.40. The molecule has 0 radical (unpaired) electrons. The minimum absolute atomic E-state index is 0.0392. The molecule has 0 heterocycles. The molecule has 2 nitrogen and oxygen atoms in total. The quantitative estimate of drug-likeness (QED) is 0.611. The average molecular weight is 175 g/mol. The monoisotopic (exact) mass is 175 g/mol. The van der Waals surface area contributed by atoms with Gasteiger partial charge in [0.1, 0.15) is 11.6 Å². The van der Waals surface area contributed by atoms with Gasteiger partial charge in [0.2, 0.25) is 0 Å². The van der Waals surface area contributed by atoms with Crippen LogP contribution in [-0.4, -0.2) is 5.11 Å². The van der Waals surface area contributed by atoms with E-state index < -0.39 is 5.82 Å². The highest BCUT2D eigenvalue weighted by atomic mass is 19.1. The first kappa shape index (κ1) is 9.09. The SMILES string of the molecule is N#CCC#Cc1cc(O)ccc1F. The molecule has 0 aromatic heterocycles. The number of phenols is 1. The second-order valence-corrected chi connectivity index (χ2v) is 2.30. The van der Waals surface area contributed by atoms with Crippen molar-refractivity contribution in [1.82, 2.24) is 0 Å². The number of nitriles is 1. The van der Waals surface area contributed by atoms with Gasteiger partial charge in [0.15, 0.2) is 0 Å². The van der Waals surface area contributed by atoms with E-state index in [0.717, 1.165) is 6.07 Å². The molecule has 0 aliphatic heterocycles. The van der Waals surface area contributed by atoms with Crippen LogP contribution in [0.25, 0.3) is 0 Å². The summed E-state index contributed by atoms with van der Waals surface area (Å²) >= 11 is 0. The van der Waals surface area contributed by atoms with Gasteiger partial charge in [-0.2, -0.15) is 5.26 Å². The molecule has 0 amide bonds. The summed E-state index contributed by atoms with van der Waals surface area (Å²) in [6, 6.07) is 5.41. The van der Waals surface area contributed by atoms with Crippen molar-refractivity contribution in [2.45, 2.75) is 6.42 Å². The van der Waals surface area contributed by atoms with Crippen molar-refractivity contribution >= 4 is 0 Å². The first-order valence-corrected chi connectivity index (χ1v) is 3.58. The molecule has 0 bridgehead atoms. The van der Waals surface area contributed by atoms with E-state index in [1.54, 1.807) is 0 Å². The van der Waals surface area contributed by atoms with Gasteiger partial charge >= 0.3 is 0 Å². The Kier molecular flexibility index (Phi) is 2.89.